The highest BCUT2D eigenvalue weighted by atomic mass is 16.3. The second-order valence-electron chi connectivity index (χ2n) is 3.81. The third kappa shape index (κ3) is 3.03. The molecule has 0 aliphatic rings. The number of primary amides is 1. The van der Waals surface area contributed by atoms with E-state index in [1.165, 1.54) is 0 Å². The van der Waals surface area contributed by atoms with Crippen LogP contribution < -0.4 is 5.73 Å². The molecule has 4 N–H and O–H groups in total. The first-order valence-corrected chi connectivity index (χ1v) is 5.11. The van der Waals surface area contributed by atoms with Crippen LogP contribution in [-0.4, -0.2) is 22.2 Å². The average Bonchev–Trinajstić information content (AvgIpc) is 2.27. The molecule has 5 heteroatoms. The minimum absolute atomic E-state index is 0.322. The number of aliphatic hydroxyl groups is 2. The van der Waals surface area contributed by atoms with Crippen molar-refractivity contribution in [1.82, 2.24) is 0 Å². The predicted molar refractivity (Wildman–Crippen MR) is 60.7 cm³/mol. The number of nitrogens with two attached hydrogens (primary N) is 1. The van der Waals surface area contributed by atoms with E-state index in [9.17, 15) is 15.0 Å². The molecule has 2 atom stereocenters. The Morgan fingerprint density at radius 1 is 1.53 bits per heavy atom. The van der Waals surface area contributed by atoms with Gasteiger partial charge in [0.15, 0.2) is 0 Å². The molecule has 1 aromatic carbocycles. The van der Waals surface area contributed by atoms with Crippen LogP contribution in [0.4, 0.5) is 0 Å². The Balaban J connectivity index is 3.00. The molecule has 0 saturated heterocycles. The molecule has 1 amide bonds. The Morgan fingerprint density at radius 2 is 2.18 bits per heavy atom. The Morgan fingerprint density at radius 3 is 2.71 bits per heavy atom. The molecule has 90 valence electrons. The van der Waals surface area contributed by atoms with E-state index in [1.807, 2.05) is 6.07 Å². The van der Waals surface area contributed by atoms with Crippen LogP contribution in [0, 0.1) is 18.3 Å². The average molecular weight is 234 g/mol. The molecule has 5 nitrogen and oxygen atoms in total. The number of nitriles is 1. The lowest BCUT2D eigenvalue weighted by Crippen LogP contribution is -2.26. The highest BCUT2D eigenvalue weighted by molar-refractivity contribution is 5.74. The fraction of sp³-hybridized carbons (Fsp3) is 0.333. The Kier molecular flexibility index (Phi) is 4.21. The first-order valence-electron chi connectivity index (χ1n) is 5.11. The standard InChI is InChI=1S/C12H14N2O3/c1-7-8(6-13)3-2-4-9(7)12(17)10(15)5-11(14)16/h2-4,10,12,15,17H,5H2,1H3,(H2,14,16). The van der Waals surface area contributed by atoms with Crippen molar-refractivity contribution in [2.45, 2.75) is 25.6 Å². The van der Waals surface area contributed by atoms with Crippen LogP contribution in [0.2, 0.25) is 0 Å². The number of carbonyl (C=O) groups excluding carboxylic acids is 1. The Labute approximate surface area is 99.1 Å². The van der Waals surface area contributed by atoms with Crippen molar-refractivity contribution < 1.29 is 15.0 Å². The van der Waals surface area contributed by atoms with Crippen LogP contribution in [0.25, 0.3) is 0 Å². The quantitative estimate of drug-likeness (QED) is 0.688. The molecule has 0 aromatic heterocycles. The molecule has 0 radical (unpaired) electrons. The van der Waals surface area contributed by atoms with E-state index in [4.69, 9.17) is 11.0 Å². The van der Waals surface area contributed by atoms with E-state index < -0.39 is 18.1 Å². The van der Waals surface area contributed by atoms with Crippen molar-refractivity contribution in [2.75, 3.05) is 0 Å². The number of rotatable bonds is 4. The minimum Gasteiger partial charge on any atom is -0.390 e. The Hall–Kier alpha value is -1.90. The lowest BCUT2D eigenvalue weighted by Gasteiger charge is -2.19. The van der Waals surface area contributed by atoms with Gasteiger partial charge in [0.2, 0.25) is 5.91 Å². The lowest BCUT2D eigenvalue weighted by molar-refractivity contribution is -0.121. The van der Waals surface area contributed by atoms with E-state index in [0.29, 0.717) is 16.7 Å². The maximum Gasteiger partial charge on any atom is 0.220 e. The fourth-order valence-corrected chi connectivity index (χ4v) is 1.62. The van der Waals surface area contributed by atoms with Crippen molar-refractivity contribution in [3.8, 4) is 6.07 Å². The van der Waals surface area contributed by atoms with Crippen molar-refractivity contribution in [1.29, 1.82) is 5.26 Å². The van der Waals surface area contributed by atoms with Crippen LogP contribution in [-0.2, 0) is 4.79 Å². The largest absolute Gasteiger partial charge is 0.390 e. The summed E-state index contributed by atoms with van der Waals surface area (Å²) in [5, 5.41) is 28.3. The number of benzene rings is 1. The summed E-state index contributed by atoms with van der Waals surface area (Å²) in [7, 11) is 0. The smallest absolute Gasteiger partial charge is 0.220 e. The second-order valence-corrected chi connectivity index (χ2v) is 3.81. The van der Waals surface area contributed by atoms with Crippen molar-refractivity contribution in [2.24, 2.45) is 5.73 Å². The molecule has 2 unspecified atom stereocenters. The molecular formula is C12H14N2O3. The van der Waals surface area contributed by atoms with E-state index in [-0.39, 0.29) is 6.42 Å². The molecule has 0 spiro atoms. The monoisotopic (exact) mass is 234 g/mol. The maximum absolute atomic E-state index is 10.7. The molecular weight excluding hydrogens is 220 g/mol. The number of hydrogen-bond acceptors (Lipinski definition) is 4. The first kappa shape index (κ1) is 13.2. The van der Waals surface area contributed by atoms with E-state index in [0.717, 1.165) is 0 Å². The minimum atomic E-state index is -1.26. The molecule has 0 heterocycles. The zero-order chi connectivity index (χ0) is 13.0. The summed E-state index contributed by atoms with van der Waals surface area (Å²) >= 11 is 0. The van der Waals surface area contributed by atoms with Gasteiger partial charge in [0.25, 0.3) is 0 Å². The predicted octanol–water partition coefficient (Wildman–Crippen LogP) is 0.136. The third-order valence-corrected chi connectivity index (χ3v) is 2.59. The number of carbonyl (C=O) groups is 1. The molecule has 0 saturated carbocycles. The maximum atomic E-state index is 10.7. The van der Waals surface area contributed by atoms with E-state index >= 15 is 0 Å². The molecule has 1 rings (SSSR count). The second kappa shape index (κ2) is 5.43. The van der Waals surface area contributed by atoms with Crippen LogP contribution in [0.5, 0.6) is 0 Å². The molecule has 0 bridgehead atoms. The van der Waals surface area contributed by atoms with Gasteiger partial charge >= 0.3 is 0 Å². The summed E-state index contributed by atoms with van der Waals surface area (Å²) < 4.78 is 0. The molecule has 17 heavy (non-hydrogen) atoms. The van der Waals surface area contributed by atoms with Crippen molar-refractivity contribution in [3.63, 3.8) is 0 Å². The zero-order valence-electron chi connectivity index (χ0n) is 9.42. The van der Waals surface area contributed by atoms with Gasteiger partial charge in [-0.2, -0.15) is 5.26 Å². The summed E-state index contributed by atoms with van der Waals surface area (Å²) in [6.45, 7) is 1.67. The first-order chi connectivity index (χ1) is 7.97. The normalized spacial score (nSPS) is 13.8. The number of hydrogen-bond donors (Lipinski definition) is 3. The molecule has 0 aliphatic carbocycles. The van der Waals surface area contributed by atoms with Gasteiger partial charge in [0.1, 0.15) is 6.10 Å². The highest BCUT2D eigenvalue weighted by Crippen LogP contribution is 2.24. The van der Waals surface area contributed by atoms with Gasteiger partial charge in [-0.1, -0.05) is 12.1 Å². The van der Waals surface area contributed by atoms with Gasteiger partial charge in [0, 0.05) is 0 Å². The molecule has 0 fully saturated rings. The van der Waals surface area contributed by atoms with Crippen LogP contribution >= 0.6 is 0 Å². The van der Waals surface area contributed by atoms with Crippen molar-refractivity contribution >= 4 is 5.91 Å². The number of amides is 1. The summed E-state index contributed by atoms with van der Waals surface area (Å²) in [5.74, 6) is -0.689. The number of aliphatic hydroxyl groups excluding tert-OH is 2. The van der Waals surface area contributed by atoms with E-state index in [1.54, 1.807) is 25.1 Å². The lowest BCUT2D eigenvalue weighted by atomic mass is 9.95. The van der Waals surface area contributed by atoms with E-state index in [2.05, 4.69) is 0 Å². The summed E-state index contributed by atoms with van der Waals surface area (Å²) in [6, 6.07) is 6.82. The van der Waals surface area contributed by atoms with Gasteiger partial charge in [-0.05, 0) is 24.1 Å². The third-order valence-electron chi connectivity index (χ3n) is 2.59. The summed E-state index contributed by atoms with van der Waals surface area (Å²) in [4.78, 5) is 10.7. The summed E-state index contributed by atoms with van der Waals surface area (Å²) in [6.07, 6.45) is -2.81. The van der Waals surface area contributed by atoms with Gasteiger partial charge in [0.05, 0.1) is 24.2 Å². The molecule has 0 aliphatic heterocycles. The van der Waals surface area contributed by atoms with Crippen LogP contribution in [0.1, 0.15) is 29.2 Å². The van der Waals surface area contributed by atoms with Gasteiger partial charge in [-0.15, -0.1) is 0 Å². The zero-order valence-corrected chi connectivity index (χ0v) is 9.42. The van der Waals surface area contributed by atoms with Gasteiger partial charge in [-0.3, -0.25) is 4.79 Å². The molecule has 1 aromatic rings. The van der Waals surface area contributed by atoms with Crippen molar-refractivity contribution in [3.05, 3.63) is 34.9 Å². The fourth-order valence-electron chi connectivity index (χ4n) is 1.62. The Bertz CT molecular complexity index is 465. The van der Waals surface area contributed by atoms with Gasteiger partial charge < -0.3 is 15.9 Å². The highest BCUT2D eigenvalue weighted by Gasteiger charge is 2.22. The summed E-state index contributed by atoms with van der Waals surface area (Å²) in [5.41, 5.74) is 6.38. The van der Waals surface area contributed by atoms with Crippen LogP contribution in [0.3, 0.4) is 0 Å². The SMILES string of the molecule is Cc1c(C#N)cccc1C(O)C(O)CC(N)=O. The van der Waals surface area contributed by atoms with Crippen LogP contribution in [0.15, 0.2) is 18.2 Å². The number of nitrogens with zero attached hydrogens (tertiary/aromatic N) is 1. The van der Waals surface area contributed by atoms with Gasteiger partial charge in [-0.25, -0.2) is 0 Å². The topological polar surface area (TPSA) is 107 Å².